The summed E-state index contributed by atoms with van der Waals surface area (Å²) >= 11 is 0. The van der Waals surface area contributed by atoms with Crippen LogP contribution in [0.25, 0.3) is 0 Å². The summed E-state index contributed by atoms with van der Waals surface area (Å²) in [5.74, 6) is 0.582. The van der Waals surface area contributed by atoms with Crippen LogP contribution in [0, 0.1) is 11.3 Å². The summed E-state index contributed by atoms with van der Waals surface area (Å²) in [4.78, 5) is 0. The molecule has 0 heterocycles. The summed E-state index contributed by atoms with van der Waals surface area (Å²) in [5, 5.41) is 8.30. The minimum atomic E-state index is 0.0374. The topological polar surface area (TPSA) is 59.0 Å². The molecular weight excluding hydrogens is 164 g/mol. The number of nitrogen functional groups attached to an aromatic ring is 1. The Bertz CT molecular complexity index is 328. The van der Waals surface area contributed by atoms with E-state index in [0.717, 1.165) is 6.42 Å². The van der Waals surface area contributed by atoms with Crippen LogP contribution in [0.2, 0.25) is 0 Å². The third kappa shape index (κ3) is 2.38. The van der Waals surface area contributed by atoms with Gasteiger partial charge in [-0.15, -0.1) is 0 Å². The van der Waals surface area contributed by atoms with Gasteiger partial charge in [0.15, 0.2) is 6.61 Å². The first-order chi connectivity index (χ1) is 6.27. The Kier molecular flexibility index (Phi) is 3.15. The minimum Gasteiger partial charge on any atom is -0.477 e. The zero-order chi connectivity index (χ0) is 9.68. The average Bonchev–Trinajstić information content (AvgIpc) is 2.16. The molecule has 3 nitrogen and oxygen atoms in total. The van der Waals surface area contributed by atoms with E-state index in [1.165, 1.54) is 5.56 Å². The van der Waals surface area contributed by atoms with E-state index in [-0.39, 0.29) is 6.61 Å². The smallest absolute Gasteiger partial charge is 0.174 e. The monoisotopic (exact) mass is 176 g/mol. The summed E-state index contributed by atoms with van der Waals surface area (Å²) in [6.07, 6.45) is 0.947. The molecule has 0 spiro atoms. The van der Waals surface area contributed by atoms with E-state index in [9.17, 15) is 0 Å². The Morgan fingerprint density at radius 2 is 2.31 bits per heavy atom. The van der Waals surface area contributed by atoms with Crippen molar-refractivity contribution >= 4 is 5.69 Å². The highest BCUT2D eigenvalue weighted by atomic mass is 16.5. The molecule has 1 rings (SSSR count). The van der Waals surface area contributed by atoms with Gasteiger partial charge in [0.1, 0.15) is 11.8 Å². The van der Waals surface area contributed by atoms with Crippen molar-refractivity contribution in [3.05, 3.63) is 23.8 Å². The van der Waals surface area contributed by atoms with Crippen molar-refractivity contribution in [1.82, 2.24) is 0 Å². The van der Waals surface area contributed by atoms with E-state index < -0.39 is 0 Å². The summed E-state index contributed by atoms with van der Waals surface area (Å²) in [5.41, 5.74) is 7.46. The maximum Gasteiger partial charge on any atom is 0.174 e. The van der Waals surface area contributed by atoms with Gasteiger partial charge < -0.3 is 10.5 Å². The molecule has 0 aromatic heterocycles. The van der Waals surface area contributed by atoms with Gasteiger partial charge in [-0.25, -0.2) is 0 Å². The second-order valence-corrected chi connectivity index (χ2v) is 2.67. The third-order valence-electron chi connectivity index (χ3n) is 1.77. The van der Waals surface area contributed by atoms with Crippen molar-refractivity contribution in [3.63, 3.8) is 0 Å². The molecule has 13 heavy (non-hydrogen) atoms. The number of anilines is 1. The van der Waals surface area contributed by atoms with E-state index in [2.05, 4.69) is 6.92 Å². The van der Waals surface area contributed by atoms with Gasteiger partial charge in [0.25, 0.3) is 0 Å². The molecule has 0 atom stereocenters. The normalized spacial score (nSPS) is 9.23. The number of hydrogen-bond donors (Lipinski definition) is 1. The lowest BCUT2D eigenvalue weighted by Gasteiger charge is -2.06. The SMILES string of the molecule is CCc1ccc(OCC#N)c(N)c1. The molecule has 0 radical (unpaired) electrons. The first-order valence-electron chi connectivity index (χ1n) is 4.16. The number of nitrogens with two attached hydrogens (primary N) is 1. The van der Waals surface area contributed by atoms with E-state index in [0.29, 0.717) is 11.4 Å². The molecule has 0 bridgehead atoms. The van der Waals surface area contributed by atoms with Crippen LogP contribution in [0.3, 0.4) is 0 Å². The van der Waals surface area contributed by atoms with Crippen LogP contribution in [-0.4, -0.2) is 6.61 Å². The molecular formula is C10H12N2O. The highest BCUT2D eigenvalue weighted by Crippen LogP contribution is 2.22. The molecule has 0 saturated carbocycles. The van der Waals surface area contributed by atoms with Crippen LogP contribution < -0.4 is 10.5 Å². The fourth-order valence-electron chi connectivity index (χ4n) is 1.06. The van der Waals surface area contributed by atoms with Gasteiger partial charge in [0.05, 0.1) is 5.69 Å². The van der Waals surface area contributed by atoms with Crippen molar-refractivity contribution in [2.45, 2.75) is 13.3 Å². The molecule has 3 heteroatoms. The van der Waals surface area contributed by atoms with E-state index in [4.69, 9.17) is 15.7 Å². The molecule has 0 amide bonds. The van der Waals surface area contributed by atoms with Crippen LogP contribution in [0.5, 0.6) is 5.75 Å². The zero-order valence-electron chi connectivity index (χ0n) is 7.58. The lowest BCUT2D eigenvalue weighted by atomic mass is 10.1. The minimum absolute atomic E-state index is 0.0374. The lowest BCUT2D eigenvalue weighted by molar-refractivity contribution is 0.370. The second-order valence-electron chi connectivity index (χ2n) is 2.67. The molecule has 0 aliphatic heterocycles. The summed E-state index contributed by atoms with van der Waals surface area (Å²) in [6.45, 7) is 2.10. The predicted molar refractivity (Wildman–Crippen MR) is 51.3 cm³/mol. The van der Waals surface area contributed by atoms with Crippen molar-refractivity contribution in [3.8, 4) is 11.8 Å². The Balaban J connectivity index is 2.80. The van der Waals surface area contributed by atoms with E-state index in [1.54, 1.807) is 6.07 Å². The maximum atomic E-state index is 8.30. The molecule has 68 valence electrons. The second kappa shape index (κ2) is 4.36. The molecule has 0 aliphatic carbocycles. The first-order valence-corrected chi connectivity index (χ1v) is 4.16. The highest BCUT2D eigenvalue weighted by molar-refractivity contribution is 5.54. The summed E-state index contributed by atoms with van der Waals surface area (Å²) in [6, 6.07) is 7.51. The molecule has 0 saturated heterocycles. The van der Waals surface area contributed by atoms with Crippen LogP contribution in [0.15, 0.2) is 18.2 Å². The van der Waals surface area contributed by atoms with Gasteiger partial charge in [-0.2, -0.15) is 5.26 Å². The van der Waals surface area contributed by atoms with Gasteiger partial charge in [-0.1, -0.05) is 13.0 Å². The van der Waals surface area contributed by atoms with E-state index in [1.807, 2.05) is 18.2 Å². The fourth-order valence-corrected chi connectivity index (χ4v) is 1.06. The fraction of sp³-hybridized carbons (Fsp3) is 0.300. The van der Waals surface area contributed by atoms with Crippen LogP contribution in [0.4, 0.5) is 5.69 Å². The van der Waals surface area contributed by atoms with Crippen molar-refractivity contribution in [2.24, 2.45) is 0 Å². The number of nitriles is 1. The molecule has 1 aromatic rings. The Morgan fingerprint density at radius 1 is 1.54 bits per heavy atom. The molecule has 0 aliphatic rings. The van der Waals surface area contributed by atoms with Crippen LogP contribution in [-0.2, 0) is 6.42 Å². The quantitative estimate of drug-likeness (QED) is 0.713. The number of hydrogen-bond acceptors (Lipinski definition) is 3. The summed E-state index contributed by atoms with van der Waals surface area (Å²) in [7, 11) is 0. The molecule has 0 unspecified atom stereocenters. The number of benzene rings is 1. The number of nitrogens with zero attached hydrogens (tertiary/aromatic N) is 1. The maximum absolute atomic E-state index is 8.30. The number of ether oxygens (including phenoxy) is 1. The Hall–Kier alpha value is -1.69. The standard InChI is InChI=1S/C10H12N2O/c1-2-8-3-4-10(9(12)7-8)13-6-5-11/h3-4,7H,2,6,12H2,1H3. The molecule has 0 fully saturated rings. The average molecular weight is 176 g/mol. The van der Waals surface area contributed by atoms with Crippen molar-refractivity contribution < 1.29 is 4.74 Å². The van der Waals surface area contributed by atoms with Gasteiger partial charge in [0.2, 0.25) is 0 Å². The zero-order valence-corrected chi connectivity index (χ0v) is 7.58. The van der Waals surface area contributed by atoms with Gasteiger partial charge in [-0.3, -0.25) is 0 Å². The molecule has 1 aromatic carbocycles. The summed E-state index contributed by atoms with van der Waals surface area (Å²) < 4.78 is 5.10. The third-order valence-corrected chi connectivity index (χ3v) is 1.77. The van der Waals surface area contributed by atoms with Crippen LogP contribution >= 0.6 is 0 Å². The number of aryl methyl sites for hydroxylation is 1. The van der Waals surface area contributed by atoms with Crippen molar-refractivity contribution in [2.75, 3.05) is 12.3 Å². The van der Waals surface area contributed by atoms with Gasteiger partial charge >= 0.3 is 0 Å². The molecule has 2 N–H and O–H groups in total. The van der Waals surface area contributed by atoms with Crippen molar-refractivity contribution in [1.29, 1.82) is 5.26 Å². The van der Waals surface area contributed by atoms with Gasteiger partial charge in [-0.05, 0) is 24.1 Å². The predicted octanol–water partition coefficient (Wildman–Crippen LogP) is 1.73. The largest absolute Gasteiger partial charge is 0.477 e. The first kappa shape index (κ1) is 9.40. The lowest BCUT2D eigenvalue weighted by Crippen LogP contribution is -1.98. The van der Waals surface area contributed by atoms with Gasteiger partial charge in [0, 0.05) is 0 Å². The van der Waals surface area contributed by atoms with Crippen LogP contribution in [0.1, 0.15) is 12.5 Å². The number of rotatable bonds is 3. The van der Waals surface area contributed by atoms with E-state index >= 15 is 0 Å². The Morgan fingerprint density at radius 3 is 2.85 bits per heavy atom. The Labute approximate surface area is 77.7 Å². The highest BCUT2D eigenvalue weighted by Gasteiger charge is 1.99.